The largest absolute Gasteiger partial charge is 0.387 e. The molecule has 3 rings (SSSR count). The molecule has 22 heavy (non-hydrogen) atoms. The van der Waals surface area contributed by atoms with E-state index in [4.69, 9.17) is 9.88 Å². The number of hydrogen-bond acceptors (Lipinski definition) is 6. The molecule has 2 aromatic rings. The number of fused-ring (bicyclic) bond motifs is 1. The Morgan fingerprint density at radius 1 is 1.23 bits per heavy atom. The fourth-order valence-electron chi connectivity index (χ4n) is 2.58. The van der Waals surface area contributed by atoms with Gasteiger partial charge in [-0.1, -0.05) is 18.2 Å². The van der Waals surface area contributed by atoms with Crippen molar-refractivity contribution in [2.45, 2.75) is 24.5 Å². The van der Waals surface area contributed by atoms with Gasteiger partial charge in [-0.3, -0.25) is 4.18 Å². The summed E-state index contributed by atoms with van der Waals surface area (Å²) >= 11 is 0. The van der Waals surface area contributed by atoms with Crippen LogP contribution in [0.25, 0.3) is 10.9 Å². The molecule has 0 bridgehead atoms. The summed E-state index contributed by atoms with van der Waals surface area (Å²) < 4.78 is 33.3. The van der Waals surface area contributed by atoms with Crippen LogP contribution in [0.2, 0.25) is 0 Å². The molecule has 1 saturated heterocycles. The number of aliphatic hydroxyl groups is 2. The number of hydrogen-bond donors (Lipinski definition) is 3. The summed E-state index contributed by atoms with van der Waals surface area (Å²) in [5.41, 5.74) is 0.826. The molecule has 0 amide bonds. The van der Waals surface area contributed by atoms with Crippen molar-refractivity contribution in [3.05, 3.63) is 36.5 Å². The highest BCUT2D eigenvalue weighted by molar-refractivity contribution is 7.84. The maximum absolute atomic E-state index is 10.8. The van der Waals surface area contributed by atoms with Crippen LogP contribution in [0.15, 0.2) is 36.5 Å². The first-order valence-electron chi connectivity index (χ1n) is 6.61. The molecule has 0 saturated carbocycles. The smallest absolute Gasteiger partial charge is 0.333 e. The van der Waals surface area contributed by atoms with Gasteiger partial charge in [0.05, 0.1) is 12.1 Å². The van der Waals surface area contributed by atoms with Gasteiger partial charge in [-0.05, 0) is 17.5 Å². The Labute approximate surface area is 126 Å². The van der Waals surface area contributed by atoms with Crippen LogP contribution in [-0.4, -0.2) is 48.1 Å². The number of nitrogens with two attached hydrogens (primary N) is 1. The summed E-state index contributed by atoms with van der Waals surface area (Å²) in [6.45, 7) is -0.466. The van der Waals surface area contributed by atoms with Crippen LogP contribution in [0.5, 0.6) is 0 Å². The number of aromatic nitrogens is 1. The van der Waals surface area contributed by atoms with Gasteiger partial charge in [0.2, 0.25) is 0 Å². The Bertz CT molecular complexity index is 774. The fraction of sp³-hybridized carbons (Fsp3) is 0.385. The lowest BCUT2D eigenvalue weighted by molar-refractivity contribution is -0.0462. The van der Waals surface area contributed by atoms with E-state index in [-0.39, 0.29) is 0 Å². The van der Waals surface area contributed by atoms with E-state index in [1.807, 2.05) is 30.3 Å². The molecule has 120 valence electrons. The van der Waals surface area contributed by atoms with Crippen LogP contribution in [0, 0.1) is 0 Å². The third-order valence-corrected chi connectivity index (χ3v) is 4.10. The summed E-state index contributed by atoms with van der Waals surface area (Å²) in [7, 11) is -4.14. The zero-order valence-electron chi connectivity index (χ0n) is 11.4. The van der Waals surface area contributed by atoms with Crippen molar-refractivity contribution in [1.29, 1.82) is 0 Å². The minimum absolute atomic E-state index is 0.466. The van der Waals surface area contributed by atoms with Gasteiger partial charge in [0, 0.05) is 6.20 Å². The molecule has 1 aliphatic rings. The van der Waals surface area contributed by atoms with E-state index in [1.165, 1.54) is 0 Å². The number of rotatable bonds is 4. The molecule has 1 aromatic carbocycles. The SMILES string of the molecule is NS(=O)(=O)OC[C@H]1O[C@@H](n2ccc3ccccc32)[C@H](O)[C@@H]1O. The van der Waals surface area contributed by atoms with Crippen LogP contribution < -0.4 is 5.14 Å². The summed E-state index contributed by atoms with van der Waals surface area (Å²) in [5, 5.41) is 25.8. The first-order chi connectivity index (χ1) is 10.4. The van der Waals surface area contributed by atoms with E-state index in [1.54, 1.807) is 10.8 Å². The maximum atomic E-state index is 10.8. The highest BCUT2D eigenvalue weighted by atomic mass is 32.2. The predicted molar refractivity (Wildman–Crippen MR) is 76.9 cm³/mol. The molecular formula is C13H16N2O6S. The third-order valence-electron chi connectivity index (χ3n) is 3.64. The van der Waals surface area contributed by atoms with Crippen molar-refractivity contribution in [2.75, 3.05) is 6.61 Å². The van der Waals surface area contributed by atoms with Gasteiger partial charge < -0.3 is 19.5 Å². The lowest BCUT2D eigenvalue weighted by Gasteiger charge is -2.17. The molecule has 0 spiro atoms. The number of nitrogens with zero attached hydrogens (tertiary/aromatic N) is 1. The monoisotopic (exact) mass is 328 g/mol. The van der Waals surface area contributed by atoms with Crippen molar-refractivity contribution >= 4 is 21.2 Å². The Hall–Kier alpha value is -1.49. The Kier molecular flexibility index (Phi) is 3.93. The summed E-state index contributed by atoms with van der Waals surface area (Å²) in [6.07, 6.45) is -2.62. The molecule has 0 radical (unpaired) electrons. The van der Waals surface area contributed by atoms with E-state index >= 15 is 0 Å². The second-order valence-corrected chi connectivity index (χ2v) is 6.33. The lowest BCUT2D eigenvalue weighted by Crippen LogP contribution is -2.35. The Morgan fingerprint density at radius 2 is 1.95 bits per heavy atom. The Balaban J connectivity index is 1.83. The van der Waals surface area contributed by atoms with Crippen molar-refractivity contribution in [1.82, 2.24) is 4.57 Å². The molecule has 2 heterocycles. The molecule has 0 aliphatic carbocycles. The average Bonchev–Trinajstić information content (AvgIpc) is 3.00. The summed E-state index contributed by atoms with van der Waals surface area (Å²) in [5.74, 6) is 0. The highest BCUT2D eigenvalue weighted by Crippen LogP contribution is 2.32. The summed E-state index contributed by atoms with van der Waals surface area (Å²) in [6, 6.07) is 9.34. The standard InChI is InChI=1S/C13H16N2O6S/c14-22(18,19)20-7-10-11(16)12(17)13(21-10)15-6-5-8-3-1-2-4-9(8)15/h1-6,10-13,16-17H,7H2,(H2,14,18,19)/t10-,11-,12-,13-/m1/s1. The van der Waals surface area contributed by atoms with Crippen LogP contribution >= 0.6 is 0 Å². The van der Waals surface area contributed by atoms with Crippen molar-refractivity contribution in [3.63, 3.8) is 0 Å². The van der Waals surface area contributed by atoms with E-state index in [2.05, 4.69) is 4.18 Å². The van der Waals surface area contributed by atoms with Gasteiger partial charge in [-0.2, -0.15) is 8.42 Å². The third kappa shape index (κ3) is 2.86. The maximum Gasteiger partial charge on any atom is 0.333 e. The molecule has 4 N–H and O–H groups in total. The van der Waals surface area contributed by atoms with Gasteiger partial charge in [0.25, 0.3) is 0 Å². The normalized spacial score (nSPS) is 29.2. The first kappa shape index (κ1) is 15.4. The molecular weight excluding hydrogens is 312 g/mol. The minimum atomic E-state index is -4.14. The molecule has 0 unspecified atom stereocenters. The van der Waals surface area contributed by atoms with Crippen molar-refractivity contribution in [2.24, 2.45) is 5.14 Å². The van der Waals surface area contributed by atoms with Crippen LogP contribution in [0.4, 0.5) is 0 Å². The molecule has 4 atom stereocenters. The topological polar surface area (TPSA) is 124 Å². The zero-order valence-corrected chi connectivity index (χ0v) is 12.3. The number of ether oxygens (including phenoxy) is 1. The van der Waals surface area contributed by atoms with Crippen LogP contribution in [0.3, 0.4) is 0 Å². The Morgan fingerprint density at radius 3 is 2.68 bits per heavy atom. The predicted octanol–water partition coefficient (Wildman–Crippen LogP) is -0.519. The lowest BCUT2D eigenvalue weighted by atomic mass is 10.1. The van der Waals surface area contributed by atoms with E-state index in [9.17, 15) is 18.6 Å². The highest BCUT2D eigenvalue weighted by Gasteiger charge is 2.44. The van der Waals surface area contributed by atoms with Gasteiger partial charge in [0.15, 0.2) is 6.23 Å². The van der Waals surface area contributed by atoms with Gasteiger partial charge >= 0.3 is 10.3 Å². The van der Waals surface area contributed by atoms with E-state index in [0.29, 0.717) is 0 Å². The van der Waals surface area contributed by atoms with Crippen molar-refractivity contribution in [3.8, 4) is 0 Å². The molecule has 1 fully saturated rings. The second-order valence-electron chi connectivity index (χ2n) is 5.11. The van der Waals surface area contributed by atoms with Crippen LogP contribution in [-0.2, 0) is 19.2 Å². The second kappa shape index (κ2) is 5.61. The number of para-hydroxylation sites is 1. The molecule has 9 heteroatoms. The van der Waals surface area contributed by atoms with Crippen LogP contribution in [0.1, 0.15) is 6.23 Å². The van der Waals surface area contributed by atoms with E-state index in [0.717, 1.165) is 10.9 Å². The van der Waals surface area contributed by atoms with Gasteiger partial charge in [0.1, 0.15) is 18.3 Å². The average molecular weight is 328 g/mol. The number of benzene rings is 1. The van der Waals surface area contributed by atoms with E-state index < -0.39 is 41.5 Å². The fourth-order valence-corrected chi connectivity index (χ4v) is 2.91. The zero-order chi connectivity index (χ0) is 15.9. The minimum Gasteiger partial charge on any atom is -0.387 e. The molecule has 8 nitrogen and oxygen atoms in total. The summed E-state index contributed by atoms with van der Waals surface area (Å²) in [4.78, 5) is 0. The molecule has 1 aliphatic heterocycles. The van der Waals surface area contributed by atoms with Crippen molar-refractivity contribution < 1.29 is 27.6 Å². The molecule has 1 aromatic heterocycles. The van der Waals surface area contributed by atoms with Gasteiger partial charge in [-0.25, -0.2) is 5.14 Å². The quantitative estimate of drug-likeness (QED) is 0.694. The van der Waals surface area contributed by atoms with Gasteiger partial charge in [-0.15, -0.1) is 0 Å². The first-order valence-corrected chi connectivity index (χ1v) is 8.08. The number of aliphatic hydroxyl groups excluding tert-OH is 2.